The van der Waals surface area contributed by atoms with Gasteiger partial charge in [-0.25, -0.2) is 0 Å². The van der Waals surface area contributed by atoms with Gasteiger partial charge in [0.25, 0.3) is 0 Å². The lowest BCUT2D eigenvalue weighted by Gasteiger charge is -2.22. The average Bonchev–Trinajstić information content (AvgIpc) is 2.51. The maximum absolute atomic E-state index is 12.6. The standard InChI is InChI=1S/C20H31ClO5Si/c1-20(2,13-19(23)24)9-8-17(22)16-12-15(21)6-7-18(16)26-14-25-10-11-27(3,4)5/h6-7,12H,8-11,13-14H2,1-5H3,(H,23,24). The number of carboxylic acids is 1. The van der Waals surface area contributed by atoms with Crippen molar-refractivity contribution >= 4 is 31.4 Å². The van der Waals surface area contributed by atoms with Gasteiger partial charge in [0.05, 0.1) is 12.0 Å². The summed E-state index contributed by atoms with van der Waals surface area (Å²) in [5.41, 5.74) is -0.0523. The molecular weight excluding hydrogens is 384 g/mol. The van der Waals surface area contributed by atoms with Crippen LogP contribution >= 0.6 is 11.6 Å². The molecule has 1 aromatic rings. The van der Waals surface area contributed by atoms with Gasteiger partial charge < -0.3 is 14.6 Å². The molecule has 0 radical (unpaired) electrons. The number of rotatable bonds is 12. The third kappa shape index (κ3) is 9.93. The minimum absolute atomic E-state index is 0.0180. The van der Waals surface area contributed by atoms with Gasteiger partial charge in [0.15, 0.2) is 12.6 Å². The zero-order valence-electron chi connectivity index (χ0n) is 16.9. The molecule has 0 aliphatic heterocycles. The monoisotopic (exact) mass is 414 g/mol. The van der Waals surface area contributed by atoms with Gasteiger partial charge in [-0.15, -0.1) is 0 Å². The predicted molar refractivity (Wildman–Crippen MR) is 111 cm³/mol. The van der Waals surface area contributed by atoms with E-state index in [1.807, 2.05) is 13.8 Å². The van der Waals surface area contributed by atoms with Crippen LogP contribution in [0.1, 0.15) is 43.5 Å². The minimum atomic E-state index is -1.16. The second-order valence-electron chi connectivity index (χ2n) is 8.78. The largest absolute Gasteiger partial charge is 0.481 e. The van der Waals surface area contributed by atoms with Crippen molar-refractivity contribution in [3.05, 3.63) is 28.8 Å². The number of ketones is 1. The van der Waals surface area contributed by atoms with E-state index in [1.165, 1.54) is 0 Å². The molecule has 0 aliphatic carbocycles. The number of carboxylic acid groups (broad SMARTS) is 1. The van der Waals surface area contributed by atoms with Crippen LogP contribution in [0, 0.1) is 5.41 Å². The topological polar surface area (TPSA) is 72.8 Å². The molecule has 0 heterocycles. The van der Waals surface area contributed by atoms with E-state index in [9.17, 15) is 9.59 Å². The van der Waals surface area contributed by atoms with Crippen molar-refractivity contribution in [1.82, 2.24) is 0 Å². The normalized spacial score (nSPS) is 12.1. The van der Waals surface area contributed by atoms with Crippen molar-refractivity contribution in [2.75, 3.05) is 13.4 Å². The molecule has 1 rings (SSSR count). The van der Waals surface area contributed by atoms with E-state index in [-0.39, 0.29) is 25.4 Å². The lowest BCUT2D eigenvalue weighted by molar-refractivity contribution is -0.139. The number of carbonyl (C=O) groups is 2. The molecular formula is C20H31ClO5Si. The predicted octanol–water partition coefficient (Wildman–Crippen LogP) is 5.49. The van der Waals surface area contributed by atoms with Gasteiger partial charge in [-0.2, -0.15) is 0 Å². The fraction of sp³-hybridized carbons (Fsp3) is 0.600. The summed E-state index contributed by atoms with van der Waals surface area (Å²) in [5, 5.41) is 9.42. The highest BCUT2D eigenvalue weighted by Gasteiger charge is 2.24. The van der Waals surface area contributed by atoms with Gasteiger partial charge >= 0.3 is 5.97 Å². The Labute approximate surface area is 168 Å². The number of ether oxygens (including phenoxy) is 2. The molecule has 27 heavy (non-hydrogen) atoms. The van der Waals surface area contributed by atoms with E-state index in [1.54, 1.807) is 18.2 Å². The molecule has 7 heteroatoms. The van der Waals surface area contributed by atoms with E-state index >= 15 is 0 Å². The molecule has 0 bridgehead atoms. The molecule has 5 nitrogen and oxygen atoms in total. The van der Waals surface area contributed by atoms with Gasteiger partial charge in [-0.3, -0.25) is 9.59 Å². The summed E-state index contributed by atoms with van der Waals surface area (Å²) < 4.78 is 11.2. The molecule has 152 valence electrons. The second-order valence-corrected chi connectivity index (χ2v) is 14.8. The van der Waals surface area contributed by atoms with Gasteiger partial charge in [0.2, 0.25) is 0 Å². The molecule has 0 aliphatic rings. The van der Waals surface area contributed by atoms with Crippen LogP contribution in [0.5, 0.6) is 5.75 Å². The Kier molecular flexibility index (Phi) is 8.98. The lowest BCUT2D eigenvalue weighted by atomic mass is 9.83. The number of hydrogen-bond acceptors (Lipinski definition) is 4. The molecule has 1 aromatic carbocycles. The Hall–Kier alpha value is -1.37. The summed E-state index contributed by atoms with van der Waals surface area (Å²) in [6.45, 7) is 11.2. The molecule has 0 spiro atoms. The number of hydrogen-bond donors (Lipinski definition) is 1. The van der Waals surface area contributed by atoms with Crippen LogP contribution in [-0.4, -0.2) is 38.3 Å². The first-order chi connectivity index (χ1) is 12.4. The summed E-state index contributed by atoms with van der Waals surface area (Å²) in [7, 11) is -1.16. The summed E-state index contributed by atoms with van der Waals surface area (Å²) >= 11 is 6.04. The maximum atomic E-state index is 12.6. The molecule has 0 saturated heterocycles. The van der Waals surface area contributed by atoms with E-state index in [0.717, 1.165) is 6.04 Å². The van der Waals surface area contributed by atoms with Crippen molar-refractivity contribution in [1.29, 1.82) is 0 Å². The maximum Gasteiger partial charge on any atom is 0.303 e. The average molecular weight is 415 g/mol. The number of Topliss-reactive ketones (excluding diaryl/α,β-unsaturated/α-hetero) is 1. The second kappa shape index (κ2) is 10.2. The van der Waals surface area contributed by atoms with Gasteiger partial charge in [0, 0.05) is 26.1 Å². The molecule has 0 amide bonds. The van der Waals surface area contributed by atoms with Crippen LogP contribution in [0.3, 0.4) is 0 Å². The highest BCUT2D eigenvalue weighted by Crippen LogP contribution is 2.30. The summed E-state index contributed by atoms with van der Waals surface area (Å²) in [6.07, 6.45) is 0.717. The lowest BCUT2D eigenvalue weighted by Crippen LogP contribution is -2.22. The highest BCUT2D eigenvalue weighted by molar-refractivity contribution is 6.76. The molecule has 0 aromatic heterocycles. The van der Waals surface area contributed by atoms with Crippen LogP contribution in [0.25, 0.3) is 0 Å². The minimum Gasteiger partial charge on any atom is -0.481 e. The number of carbonyl (C=O) groups excluding carboxylic acids is 1. The van der Waals surface area contributed by atoms with Crippen molar-refractivity contribution in [3.63, 3.8) is 0 Å². The number of halogens is 1. The third-order valence-corrected chi connectivity index (χ3v) is 6.13. The summed E-state index contributed by atoms with van der Waals surface area (Å²) in [5.74, 6) is -0.545. The Morgan fingerprint density at radius 3 is 2.48 bits per heavy atom. The van der Waals surface area contributed by atoms with E-state index in [2.05, 4.69) is 19.6 Å². The van der Waals surface area contributed by atoms with Crippen molar-refractivity contribution in [2.24, 2.45) is 5.41 Å². The van der Waals surface area contributed by atoms with E-state index < -0.39 is 19.5 Å². The van der Waals surface area contributed by atoms with Gasteiger partial charge in [0.1, 0.15) is 5.75 Å². The van der Waals surface area contributed by atoms with Crippen LogP contribution < -0.4 is 4.74 Å². The van der Waals surface area contributed by atoms with Crippen molar-refractivity contribution in [2.45, 2.75) is 58.8 Å². The van der Waals surface area contributed by atoms with Gasteiger partial charge in [-0.05, 0) is 36.1 Å². The molecule has 0 atom stereocenters. The van der Waals surface area contributed by atoms with Crippen LogP contribution in [0.2, 0.25) is 30.7 Å². The Bertz CT molecular complexity index is 652. The van der Waals surface area contributed by atoms with Crippen LogP contribution in [0.4, 0.5) is 0 Å². The first-order valence-electron chi connectivity index (χ1n) is 9.15. The molecule has 1 N–H and O–H groups in total. The molecule has 0 fully saturated rings. The Morgan fingerprint density at radius 2 is 1.89 bits per heavy atom. The SMILES string of the molecule is CC(C)(CCC(=O)c1cc(Cl)ccc1OCOCC[Si](C)(C)C)CC(=O)O. The van der Waals surface area contributed by atoms with E-state index in [4.69, 9.17) is 26.2 Å². The van der Waals surface area contributed by atoms with Crippen molar-refractivity contribution in [3.8, 4) is 5.75 Å². The number of benzene rings is 1. The number of aliphatic carboxylic acids is 1. The zero-order chi connectivity index (χ0) is 20.7. The fourth-order valence-electron chi connectivity index (χ4n) is 2.47. The molecule has 0 saturated carbocycles. The van der Waals surface area contributed by atoms with Crippen LogP contribution in [0.15, 0.2) is 18.2 Å². The van der Waals surface area contributed by atoms with E-state index in [0.29, 0.717) is 29.4 Å². The third-order valence-electron chi connectivity index (χ3n) is 4.19. The summed E-state index contributed by atoms with van der Waals surface area (Å²) in [6, 6.07) is 5.97. The van der Waals surface area contributed by atoms with Crippen LogP contribution in [-0.2, 0) is 9.53 Å². The highest BCUT2D eigenvalue weighted by atomic mass is 35.5. The quantitative estimate of drug-likeness (QED) is 0.212. The first-order valence-corrected chi connectivity index (χ1v) is 13.2. The van der Waals surface area contributed by atoms with Gasteiger partial charge in [-0.1, -0.05) is 45.1 Å². The molecule has 0 unspecified atom stereocenters. The Morgan fingerprint density at radius 1 is 1.22 bits per heavy atom. The zero-order valence-corrected chi connectivity index (χ0v) is 18.7. The summed E-state index contributed by atoms with van der Waals surface area (Å²) in [4.78, 5) is 23.6. The smallest absolute Gasteiger partial charge is 0.303 e. The fourth-order valence-corrected chi connectivity index (χ4v) is 3.40. The Balaban J connectivity index is 2.67. The first kappa shape index (κ1) is 23.7. The van der Waals surface area contributed by atoms with Crippen molar-refractivity contribution < 1.29 is 24.2 Å².